The van der Waals surface area contributed by atoms with E-state index >= 15 is 0 Å². The van der Waals surface area contributed by atoms with Crippen molar-refractivity contribution in [3.05, 3.63) is 30.0 Å². The molecule has 3 nitrogen and oxygen atoms in total. The summed E-state index contributed by atoms with van der Waals surface area (Å²) in [5.74, 6) is 1.78. The third-order valence-corrected chi connectivity index (χ3v) is 4.52. The largest absolute Gasteiger partial charge is 0.493 e. The summed E-state index contributed by atoms with van der Waals surface area (Å²) in [7, 11) is 0. The van der Waals surface area contributed by atoms with Crippen LogP contribution in [0.4, 0.5) is 5.69 Å². The lowest BCUT2D eigenvalue weighted by molar-refractivity contribution is 0.303. The van der Waals surface area contributed by atoms with Gasteiger partial charge in [-0.05, 0) is 56.7 Å². The summed E-state index contributed by atoms with van der Waals surface area (Å²) < 4.78 is 6.12. The van der Waals surface area contributed by atoms with E-state index in [1.54, 1.807) is 0 Å². The van der Waals surface area contributed by atoms with Crippen LogP contribution in [-0.4, -0.2) is 24.7 Å². The standard InChI is InChI=1S/C18H22N2O/c1-13-11-16(20-9-2-3-10-20)18-15(19-13)5-4-6-17(18)21-12-14-7-8-14/h4-6,11,14H,2-3,7-10,12H2,1H3. The first-order chi connectivity index (χ1) is 10.3. The van der Waals surface area contributed by atoms with E-state index in [1.165, 1.54) is 36.8 Å². The molecule has 21 heavy (non-hydrogen) atoms. The molecule has 0 amide bonds. The zero-order chi connectivity index (χ0) is 14.2. The van der Waals surface area contributed by atoms with Crippen LogP contribution in [0.5, 0.6) is 5.75 Å². The Bertz CT molecular complexity index is 658. The maximum atomic E-state index is 6.12. The van der Waals surface area contributed by atoms with E-state index in [0.29, 0.717) is 0 Å². The molecule has 1 aromatic carbocycles. The van der Waals surface area contributed by atoms with Crippen LogP contribution in [0.1, 0.15) is 31.4 Å². The Hall–Kier alpha value is -1.77. The summed E-state index contributed by atoms with van der Waals surface area (Å²) in [6.07, 6.45) is 5.21. The number of hydrogen-bond donors (Lipinski definition) is 0. The van der Waals surface area contributed by atoms with Gasteiger partial charge < -0.3 is 9.64 Å². The van der Waals surface area contributed by atoms with Crippen LogP contribution in [0.2, 0.25) is 0 Å². The lowest BCUT2D eigenvalue weighted by Crippen LogP contribution is -2.18. The molecule has 0 spiro atoms. The first-order valence-corrected chi connectivity index (χ1v) is 8.09. The number of aromatic nitrogens is 1. The van der Waals surface area contributed by atoms with Gasteiger partial charge in [0.2, 0.25) is 0 Å². The van der Waals surface area contributed by atoms with E-state index in [4.69, 9.17) is 9.72 Å². The highest BCUT2D eigenvalue weighted by molar-refractivity contribution is 5.97. The molecule has 3 heteroatoms. The number of anilines is 1. The summed E-state index contributed by atoms with van der Waals surface area (Å²) in [5, 5.41) is 1.20. The quantitative estimate of drug-likeness (QED) is 0.849. The highest BCUT2D eigenvalue weighted by atomic mass is 16.5. The van der Waals surface area contributed by atoms with Gasteiger partial charge in [-0.15, -0.1) is 0 Å². The van der Waals surface area contributed by atoms with Gasteiger partial charge in [-0.25, -0.2) is 0 Å². The Kier molecular flexibility index (Phi) is 3.21. The number of hydrogen-bond acceptors (Lipinski definition) is 3. The molecule has 110 valence electrons. The van der Waals surface area contributed by atoms with Gasteiger partial charge in [0.25, 0.3) is 0 Å². The summed E-state index contributed by atoms with van der Waals surface area (Å²) in [4.78, 5) is 7.19. The molecule has 2 heterocycles. The van der Waals surface area contributed by atoms with Crippen LogP contribution >= 0.6 is 0 Å². The number of ether oxygens (including phenoxy) is 1. The Balaban J connectivity index is 1.80. The third-order valence-electron chi connectivity index (χ3n) is 4.52. The summed E-state index contributed by atoms with van der Waals surface area (Å²) in [6.45, 7) is 5.23. The highest BCUT2D eigenvalue weighted by Gasteiger charge is 2.23. The van der Waals surface area contributed by atoms with E-state index < -0.39 is 0 Å². The Morgan fingerprint density at radius 2 is 2.05 bits per heavy atom. The van der Waals surface area contributed by atoms with Gasteiger partial charge in [0.15, 0.2) is 0 Å². The van der Waals surface area contributed by atoms with Gasteiger partial charge >= 0.3 is 0 Å². The minimum Gasteiger partial charge on any atom is -0.493 e. The van der Waals surface area contributed by atoms with Crippen molar-refractivity contribution in [1.29, 1.82) is 0 Å². The molecule has 1 aromatic heterocycles. The zero-order valence-electron chi connectivity index (χ0n) is 12.6. The van der Waals surface area contributed by atoms with Gasteiger partial charge in [-0.2, -0.15) is 0 Å². The van der Waals surface area contributed by atoms with Gasteiger partial charge in [0.1, 0.15) is 5.75 Å². The highest BCUT2D eigenvalue weighted by Crippen LogP contribution is 2.37. The molecular formula is C18H22N2O. The molecule has 2 aliphatic rings. The number of nitrogens with zero attached hydrogens (tertiary/aromatic N) is 2. The van der Waals surface area contributed by atoms with Crippen molar-refractivity contribution >= 4 is 16.6 Å². The van der Waals surface area contributed by atoms with Gasteiger partial charge in [-0.1, -0.05) is 6.07 Å². The van der Waals surface area contributed by atoms with Crippen molar-refractivity contribution in [2.24, 2.45) is 5.92 Å². The van der Waals surface area contributed by atoms with Crippen LogP contribution in [0.25, 0.3) is 10.9 Å². The van der Waals surface area contributed by atoms with Gasteiger partial charge in [-0.3, -0.25) is 4.98 Å². The fourth-order valence-electron chi connectivity index (χ4n) is 3.18. The lowest BCUT2D eigenvalue weighted by atomic mass is 10.1. The van der Waals surface area contributed by atoms with Crippen molar-refractivity contribution in [2.75, 3.05) is 24.6 Å². The fraction of sp³-hybridized carbons (Fsp3) is 0.500. The number of fused-ring (bicyclic) bond motifs is 1. The van der Waals surface area contributed by atoms with Crippen molar-refractivity contribution in [3.8, 4) is 5.75 Å². The second-order valence-electron chi connectivity index (χ2n) is 6.38. The average Bonchev–Trinajstić information content (AvgIpc) is 3.15. The molecule has 1 aliphatic heterocycles. The average molecular weight is 282 g/mol. The number of aryl methyl sites for hydroxylation is 1. The Morgan fingerprint density at radius 1 is 1.24 bits per heavy atom. The summed E-state index contributed by atoms with van der Waals surface area (Å²) >= 11 is 0. The summed E-state index contributed by atoms with van der Waals surface area (Å²) in [5.41, 5.74) is 3.45. The smallest absolute Gasteiger partial charge is 0.130 e. The van der Waals surface area contributed by atoms with Crippen LogP contribution in [0.3, 0.4) is 0 Å². The third kappa shape index (κ3) is 2.57. The van der Waals surface area contributed by atoms with Gasteiger partial charge in [0.05, 0.1) is 23.2 Å². The van der Waals surface area contributed by atoms with E-state index in [1.807, 2.05) is 0 Å². The molecule has 0 unspecified atom stereocenters. The predicted molar refractivity (Wildman–Crippen MR) is 86.1 cm³/mol. The second-order valence-corrected chi connectivity index (χ2v) is 6.38. The first-order valence-electron chi connectivity index (χ1n) is 8.09. The van der Waals surface area contributed by atoms with Crippen LogP contribution in [0, 0.1) is 12.8 Å². The van der Waals surface area contributed by atoms with Crippen LogP contribution in [-0.2, 0) is 0 Å². The molecule has 1 aliphatic carbocycles. The minimum atomic E-state index is 0.772. The van der Waals surface area contributed by atoms with Crippen molar-refractivity contribution in [3.63, 3.8) is 0 Å². The van der Waals surface area contributed by atoms with Crippen molar-refractivity contribution < 1.29 is 4.74 Å². The molecule has 4 rings (SSSR count). The monoisotopic (exact) mass is 282 g/mol. The van der Waals surface area contributed by atoms with E-state index in [-0.39, 0.29) is 0 Å². The summed E-state index contributed by atoms with van der Waals surface area (Å²) in [6, 6.07) is 8.48. The number of benzene rings is 1. The fourth-order valence-corrected chi connectivity index (χ4v) is 3.18. The maximum Gasteiger partial charge on any atom is 0.130 e. The topological polar surface area (TPSA) is 25.4 Å². The molecule has 2 aromatic rings. The van der Waals surface area contributed by atoms with Crippen LogP contribution < -0.4 is 9.64 Å². The molecule has 0 bridgehead atoms. The molecule has 1 saturated heterocycles. The number of pyridine rings is 1. The molecule has 0 N–H and O–H groups in total. The van der Waals surface area contributed by atoms with Crippen molar-refractivity contribution in [1.82, 2.24) is 4.98 Å². The van der Waals surface area contributed by atoms with Crippen LogP contribution in [0.15, 0.2) is 24.3 Å². The maximum absolute atomic E-state index is 6.12. The zero-order valence-corrected chi connectivity index (χ0v) is 12.6. The Labute approximate surface area is 125 Å². The second kappa shape index (κ2) is 5.21. The Morgan fingerprint density at radius 3 is 2.81 bits per heavy atom. The SMILES string of the molecule is Cc1cc(N2CCCC2)c2c(OCC3CC3)cccc2n1. The first kappa shape index (κ1) is 12.9. The normalized spacial score (nSPS) is 18.4. The lowest BCUT2D eigenvalue weighted by Gasteiger charge is -2.22. The molecule has 2 fully saturated rings. The molecule has 0 atom stereocenters. The predicted octanol–water partition coefficient (Wildman–Crippen LogP) is 3.93. The molecular weight excluding hydrogens is 260 g/mol. The molecule has 1 saturated carbocycles. The minimum absolute atomic E-state index is 0.772. The molecule has 0 radical (unpaired) electrons. The van der Waals surface area contributed by atoms with E-state index in [9.17, 15) is 0 Å². The van der Waals surface area contributed by atoms with E-state index in [0.717, 1.165) is 42.6 Å². The number of rotatable bonds is 4. The van der Waals surface area contributed by atoms with E-state index in [2.05, 4.69) is 36.1 Å². The van der Waals surface area contributed by atoms with Crippen molar-refractivity contribution in [2.45, 2.75) is 32.6 Å². The van der Waals surface area contributed by atoms with Gasteiger partial charge in [0, 0.05) is 18.8 Å².